The molecule has 0 heterocycles. The van der Waals surface area contributed by atoms with Gasteiger partial charge in [-0.15, -0.1) is 0 Å². The second-order valence-corrected chi connectivity index (χ2v) is 5.02. The van der Waals surface area contributed by atoms with E-state index >= 15 is 0 Å². The van der Waals surface area contributed by atoms with Gasteiger partial charge >= 0.3 is 0 Å². The van der Waals surface area contributed by atoms with Gasteiger partial charge in [-0.3, -0.25) is 0 Å². The van der Waals surface area contributed by atoms with E-state index in [2.05, 4.69) is 65.0 Å². The number of hydrogen-bond donors (Lipinski definition) is 0. The normalized spacial score (nSPS) is 10.6. The van der Waals surface area contributed by atoms with Crippen LogP contribution < -0.4 is 0 Å². The van der Waals surface area contributed by atoms with Crippen molar-refractivity contribution in [2.24, 2.45) is 0 Å². The van der Waals surface area contributed by atoms with Crippen LogP contribution in [0.15, 0.2) is 30.3 Å². The molecule has 0 fully saturated rings. The van der Waals surface area contributed by atoms with Crippen LogP contribution in [0.4, 0.5) is 0 Å². The summed E-state index contributed by atoms with van der Waals surface area (Å²) < 4.78 is 0. The van der Waals surface area contributed by atoms with Crippen molar-refractivity contribution in [3.8, 4) is 11.1 Å². The fraction of sp³-hybridized carbons (Fsp3) is 0.294. The molecule has 0 radical (unpaired) electrons. The molecule has 0 N–H and O–H groups in total. The van der Waals surface area contributed by atoms with Crippen molar-refractivity contribution >= 4 is 0 Å². The molecule has 0 saturated heterocycles. The van der Waals surface area contributed by atoms with E-state index in [4.69, 9.17) is 0 Å². The highest BCUT2D eigenvalue weighted by atomic mass is 14.1. The van der Waals surface area contributed by atoms with Gasteiger partial charge in [0.15, 0.2) is 0 Å². The largest absolute Gasteiger partial charge is 0.0617 e. The summed E-state index contributed by atoms with van der Waals surface area (Å²) >= 11 is 0. The Hall–Kier alpha value is -1.56. The Balaban J connectivity index is 2.77. The molecule has 88 valence electrons. The van der Waals surface area contributed by atoms with E-state index in [1.807, 2.05) is 0 Å². The van der Waals surface area contributed by atoms with Gasteiger partial charge in [-0.05, 0) is 68.0 Å². The zero-order valence-corrected chi connectivity index (χ0v) is 11.4. The van der Waals surface area contributed by atoms with Crippen LogP contribution in [0.1, 0.15) is 27.8 Å². The highest BCUT2D eigenvalue weighted by Gasteiger charge is 2.09. The molecule has 0 aliphatic heterocycles. The minimum atomic E-state index is 1.34. The van der Waals surface area contributed by atoms with Crippen LogP contribution in [-0.4, -0.2) is 0 Å². The van der Waals surface area contributed by atoms with Gasteiger partial charge in [0, 0.05) is 0 Å². The van der Waals surface area contributed by atoms with E-state index in [0.29, 0.717) is 0 Å². The topological polar surface area (TPSA) is 0 Å². The minimum Gasteiger partial charge on any atom is -0.0617 e. The van der Waals surface area contributed by atoms with Gasteiger partial charge in [-0.2, -0.15) is 0 Å². The molecule has 2 rings (SSSR count). The first-order valence-electron chi connectivity index (χ1n) is 6.15. The predicted molar refractivity (Wildman–Crippen MR) is 75.6 cm³/mol. The molecule has 0 aromatic heterocycles. The maximum absolute atomic E-state index is 2.30. The molecule has 0 heteroatoms. The van der Waals surface area contributed by atoms with E-state index in [-0.39, 0.29) is 0 Å². The van der Waals surface area contributed by atoms with Gasteiger partial charge in [0.05, 0.1) is 0 Å². The number of rotatable bonds is 1. The molecule has 0 aliphatic carbocycles. The molecule has 0 spiro atoms. The summed E-state index contributed by atoms with van der Waals surface area (Å²) in [5.74, 6) is 0. The van der Waals surface area contributed by atoms with Crippen molar-refractivity contribution in [3.05, 3.63) is 58.1 Å². The zero-order valence-electron chi connectivity index (χ0n) is 11.4. The van der Waals surface area contributed by atoms with Crippen molar-refractivity contribution in [1.82, 2.24) is 0 Å². The number of hydrogen-bond acceptors (Lipinski definition) is 0. The lowest BCUT2D eigenvalue weighted by Crippen LogP contribution is -1.94. The quantitative estimate of drug-likeness (QED) is 0.646. The summed E-state index contributed by atoms with van der Waals surface area (Å²) in [5, 5.41) is 0. The molecule has 2 aromatic carbocycles. The van der Waals surface area contributed by atoms with Crippen LogP contribution in [0.3, 0.4) is 0 Å². The number of benzene rings is 2. The van der Waals surface area contributed by atoms with Gasteiger partial charge < -0.3 is 0 Å². The summed E-state index contributed by atoms with van der Waals surface area (Å²) in [6.07, 6.45) is 0. The Morgan fingerprint density at radius 1 is 0.706 bits per heavy atom. The third-order valence-electron chi connectivity index (χ3n) is 3.56. The van der Waals surface area contributed by atoms with Crippen LogP contribution in [-0.2, 0) is 0 Å². The Bertz CT molecular complexity index is 542. The summed E-state index contributed by atoms with van der Waals surface area (Å²) in [6, 6.07) is 11.1. The molecule has 0 atom stereocenters. The molecule has 0 amide bonds. The van der Waals surface area contributed by atoms with Crippen LogP contribution in [0.25, 0.3) is 11.1 Å². The van der Waals surface area contributed by atoms with Crippen molar-refractivity contribution in [3.63, 3.8) is 0 Å². The van der Waals surface area contributed by atoms with Crippen LogP contribution in [0.5, 0.6) is 0 Å². The average molecular weight is 224 g/mol. The molecule has 0 bridgehead atoms. The minimum absolute atomic E-state index is 1.34. The van der Waals surface area contributed by atoms with Crippen molar-refractivity contribution < 1.29 is 0 Å². The summed E-state index contributed by atoms with van der Waals surface area (Å²) in [4.78, 5) is 0. The van der Waals surface area contributed by atoms with Gasteiger partial charge in [-0.1, -0.05) is 35.9 Å². The lowest BCUT2D eigenvalue weighted by atomic mass is 9.89. The highest BCUT2D eigenvalue weighted by molar-refractivity contribution is 5.75. The smallest absolute Gasteiger partial charge is 0.0123 e. The summed E-state index contributed by atoms with van der Waals surface area (Å²) in [7, 11) is 0. The number of aryl methyl sites for hydroxylation is 4. The molecule has 0 saturated carbocycles. The van der Waals surface area contributed by atoms with E-state index in [1.54, 1.807) is 0 Å². The molecule has 17 heavy (non-hydrogen) atoms. The van der Waals surface area contributed by atoms with Gasteiger partial charge in [-0.25, -0.2) is 0 Å². The average Bonchev–Trinajstić information content (AvgIpc) is 2.24. The highest BCUT2D eigenvalue weighted by Crippen LogP contribution is 2.32. The SMILES string of the molecule is Cc1cc(C)c(C)c(-c2c(C)cccc2C)c1. The van der Waals surface area contributed by atoms with E-state index in [1.165, 1.54) is 38.9 Å². The Labute approximate surface area is 104 Å². The van der Waals surface area contributed by atoms with E-state index in [0.717, 1.165) is 0 Å². The lowest BCUT2D eigenvalue weighted by Gasteiger charge is -2.15. The van der Waals surface area contributed by atoms with Gasteiger partial charge in [0.2, 0.25) is 0 Å². The lowest BCUT2D eigenvalue weighted by molar-refractivity contribution is 1.28. The first-order valence-corrected chi connectivity index (χ1v) is 6.15. The Kier molecular flexibility index (Phi) is 3.06. The summed E-state index contributed by atoms with van der Waals surface area (Å²) in [6.45, 7) is 11.0. The molecular weight excluding hydrogens is 204 g/mol. The Morgan fingerprint density at radius 2 is 1.29 bits per heavy atom. The molecule has 0 aliphatic rings. The third-order valence-corrected chi connectivity index (χ3v) is 3.56. The van der Waals surface area contributed by atoms with Gasteiger partial charge in [0.1, 0.15) is 0 Å². The van der Waals surface area contributed by atoms with Crippen molar-refractivity contribution in [2.75, 3.05) is 0 Å². The molecule has 2 aromatic rings. The fourth-order valence-corrected chi connectivity index (χ4v) is 2.54. The van der Waals surface area contributed by atoms with E-state index in [9.17, 15) is 0 Å². The van der Waals surface area contributed by atoms with E-state index < -0.39 is 0 Å². The Morgan fingerprint density at radius 3 is 1.88 bits per heavy atom. The standard InChI is InChI=1S/C17H20/c1-11-9-14(4)15(5)16(10-11)17-12(2)7-6-8-13(17)3/h6-10H,1-5H3. The second-order valence-electron chi connectivity index (χ2n) is 5.02. The van der Waals surface area contributed by atoms with Crippen LogP contribution in [0, 0.1) is 34.6 Å². The first kappa shape index (κ1) is 11.9. The third kappa shape index (κ3) is 2.12. The molecular formula is C17H20. The fourth-order valence-electron chi connectivity index (χ4n) is 2.54. The molecule has 0 nitrogen and oxygen atoms in total. The van der Waals surface area contributed by atoms with Crippen molar-refractivity contribution in [2.45, 2.75) is 34.6 Å². The maximum Gasteiger partial charge on any atom is -0.0123 e. The van der Waals surface area contributed by atoms with Crippen molar-refractivity contribution in [1.29, 1.82) is 0 Å². The summed E-state index contributed by atoms with van der Waals surface area (Å²) in [5.41, 5.74) is 9.62. The second kappa shape index (κ2) is 4.37. The maximum atomic E-state index is 2.30. The molecule has 0 unspecified atom stereocenters. The van der Waals surface area contributed by atoms with Crippen LogP contribution in [0.2, 0.25) is 0 Å². The first-order chi connectivity index (χ1) is 8.00. The van der Waals surface area contributed by atoms with Crippen LogP contribution >= 0.6 is 0 Å². The monoisotopic (exact) mass is 224 g/mol. The predicted octanol–water partition coefficient (Wildman–Crippen LogP) is 4.90. The zero-order chi connectivity index (χ0) is 12.6. The van der Waals surface area contributed by atoms with Gasteiger partial charge in [0.25, 0.3) is 0 Å².